The lowest BCUT2D eigenvalue weighted by Crippen LogP contribution is -2.42. The van der Waals surface area contributed by atoms with Gasteiger partial charge in [0, 0.05) is 23.9 Å². The molecule has 5 N–H and O–H groups in total. The van der Waals surface area contributed by atoms with Crippen molar-refractivity contribution in [1.29, 1.82) is 0 Å². The molecule has 0 aromatic heterocycles. The van der Waals surface area contributed by atoms with E-state index in [1.807, 2.05) is 0 Å². The minimum atomic E-state index is -0.986. The molecule has 2 heterocycles. The van der Waals surface area contributed by atoms with Crippen LogP contribution < -0.4 is 21.9 Å². The van der Waals surface area contributed by atoms with Gasteiger partial charge in [-0.2, -0.15) is 9.97 Å². The Kier molecular flexibility index (Phi) is 8.86. The van der Waals surface area contributed by atoms with Gasteiger partial charge in [-0.1, -0.05) is 0 Å². The Morgan fingerprint density at radius 1 is 1.06 bits per heavy atom. The van der Waals surface area contributed by atoms with Crippen molar-refractivity contribution >= 4 is 29.5 Å². The Balaban J connectivity index is 1.61. The third-order valence-corrected chi connectivity index (χ3v) is 4.94. The first-order chi connectivity index (χ1) is 17.3. The SMILES string of the molecule is CCOC(=O)CCC(NC(=O)c1ccc(NCc2c[nH]c3nc(N)nc(=O)c-3n2)cc1)C(=O)OCC. The summed E-state index contributed by atoms with van der Waals surface area (Å²) in [6.45, 7) is 3.99. The standard InChI is InChI=1S/C23H27N7O6/c1-3-35-17(31)10-9-16(22(34)36-4-2)28-20(32)13-5-7-14(8-6-13)25-11-15-12-26-19-18(27-15)21(33)30-23(24)29-19/h5-8,12,16,25H,3-4,9-11H2,1-2H3,(H,28,32)(H3,24,26,29,30,33). The molecule has 1 aromatic rings. The number of rotatable bonds is 11. The fraction of sp³-hybridized carbons (Fsp3) is 0.348. The van der Waals surface area contributed by atoms with Crippen molar-refractivity contribution in [2.24, 2.45) is 0 Å². The minimum Gasteiger partial charge on any atom is -0.466 e. The molecular weight excluding hydrogens is 470 g/mol. The molecule has 0 aliphatic carbocycles. The molecule has 0 radical (unpaired) electrons. The summed E-state index contributed by atoms with van der Waals surface area (Å²) in [6, 6.07) is 5.54. The summed E-state index contributed by atoms with van der Waals surface area (Å²) < 4.78 is 9.89. The maximum absolute atomic E-state index is 12.7. The van der Waals surface area contributed by atoms with E-state index < -0.39 is 29.4 Å². The number of nitrogen functional groups attached to an aromatic ring is 1. The number of fused-ring (bicyclic) bond motifs is 1. The molecule has 1 aromatic carbocycles. The number of esters is 2. The number of H-pyrrole nitrogens is 1. The Morgan fingerprint density at radius 2 is 1.78 bits per heavy atom. The topological polar surface area (TPSA) is 191 Å². The maximum Gasteiger partial charge on any atom is 0.328 e. The third-order valence-electron chi connectivity index (χ3n) is 4.94. The molecule has 1 atom stereocenters. The van der Waals surface area contributed by atoms with Crippen molar-refractivity contribution in [3.63, 3.8) is 0 Å². The molecule has 0 saturated carbocycles. The maximum atomic E-state index is 12.7. The molecule has 190 valence electrons. The molecule has 0 fully saturated rings. The van der Waals surface area contributed by atoms with E-state index in [4.69, 9.17) is 15.2 Å². The Morgan fingerprint density at radius 3 is 2.47 bits per heavy atom. The van der Waals surface area contributed by atoms with Crippen molar-refractivity contribution in [3.05, 3.63) is 52.1 Å². The van der Waals surface area contributed by atoms with Crippen LogP contribution in [0.15, 0.2) is 35.3 Å². The zero-order valence-electron chi connectivity index (χ0n) is 19.9. The van der Waals surface area contributed by atoms with Gasteiger partial charge in [-0.25, -0.2) is 9.78 Å². The molecule has 2 aliphatic rings. The van der Waals surface area contributed by atoms with Gasteiger partial charge in [-0.15, -0.1) is 0 Å². The number of aromatic amines is 1. The molecular formula is C23H27N7O6. The van der Waals surface area contributed by atoms with Crippen molar-refractivity contribution in [3.8, 4) is 11.5 Å². The molecule has 13 nitrogen and oxygen atoms in total. The van der Waals surface area contributed by atoms with Gasteiger partial charge in [-0.3, -0.25) is 14.4 Å². The number of anilines is 2. The molecule has 0 saturated heterocycles. The van der Waals surface area contributed by atoms with E-state index in [2.05, 4.69) is 30.6 Å². The predicted octanol–water partition coefficient (Wildman–Crippen LogP) is 0.864. The van der Waals surface area contributed by atoms with E-state index >= 15 is 0 Å². The molecule has 3 rings (SSSR count). The van der Waals surface area contributed by atoms with E-state index in [1.54, 1.807) is 44.3 Å². The summed E-state index contributed by atoms with van der Waals surface area (Å²) in [5, 5.41) is 5.75. The summed E-state index contributed by atoms with van der Waals surface area (Å²) in [7, 11) is 0. The van der Waals surface area contributed by atoms with Gasteiger partial charge < -0.3 is 30.8 Å². The number of ether oxygens (including phenoxy) is 2. The fourth-order valence-corrected chi connectivity index (χ4v) is 3.23. The van der Waals surface area contributed by atoms with Gasteiger partial charge in [0.1, 0.15) is 6.04 Å². The van der Waals surface area contributed by atoms with Crippen LogP contribution in [0.2, 0.25) is 0 Å². The molecule has 13 heteroatoms. The fourth-order valence-electron chi connectivity index (χ4n) is 3.23. The van der Waals surface area contributed by atoms with E-state index in [9.17, 15) is 19.2 Å². The number of benzene rings is 1. The molecule has 2 aliphatic heterocycles. The average Bonchev–Trinajstić information content (AvgIpc) is 2.85. The largest absolute Gasteiger partial charge is 0.466 e. The zero-order valence-corrected chi connectivity index (χ0v) is 19.9. The molecule has 0 bridgehead atoms. The number of amides is 1. The summed E-state index contributed by atoms with van der Waals surface area (Å²) in [5.41, 5.74) is 6.51. The van der Waals surface area contributed by atoms with Gasteiger partial charge in [-0.05, 0) is 44.5 Å². The Hall–Kier alpha value is -4.55. The van der Waals surface area contributed by atoms with Crippen LogP contribution in [0.3, 0.4) is 0 Å². The number of aromatic nitrogens is 4. The lowest BCUT2D eigenvalue weighted by Gasteiger charge is -2.17. The van der Waals surface area contributed by atoms with Gasteiger partial charge in [0.15, 0.2) is 11.5 Å². The zero-order chi connectivity index (χ0) is 26.1. The summed E-state index contributed by atoms with van der Waals surface area (Å²) in [6.07, 6.45) is 1.62. The van der Waals surface area contributed by atoms with Crippen molar-refractivity contribution in [2.75, 3.05) is 24.3 Å². The van der Waals surface area contributed by atoms with E-state index in [1.165, 1.54) is 0 Å². The van der Waals surface area contributed by atoms with Gasteiger partial charge >= 0.3 is 17.5 Å². The van der Waals surface area contributed by atoms with Crippen LogP contribution in [0, 0.1) is 0 Å². The molecule has 1 amide bonds. The van der Waals surface area contributed by atoms with Gasteiger partial charge in [0.05, 0.1) is 25.5 Å². The first kappa shape index (κ1) is 26.1. The second-order valence-corrected chi connectivity index (χ2v) is 7.53. The van der Waals surface area contributed by atoms with Crippen LogP contribution in [-0.2, 0) is 25.6 Å². The Bertz CT molecular complexity index is 1240. The van der Waals surface area contributed by atoms with Crippen LogP contribution in [0.5, 0.6) is 0 Å². The second-order valence-electron chi connectivity index (χ2n) is 7.53. The van der Waals surface area contributed by atoms with E-state index in [0.29, 0.717) is 16.9 Å². The second kappa shape index (κ2) is 12.2. The number of nitrogens with two attached hydrogens (primary N) is 1. The van der Waals surface area contributed by atoms with Gasteiger partial charge in [0.2, 0.25) is 5.95 Å². The first-order valence-electron chi connectivity index (χ1n) is 11.3. The van der Waals surface area contributed by atoms with Crippen LogP contribution in [0.1, 0.15) is 42.7 Å². The number of carbonyl (C=O) groups is 3. The normalized spacial score (nSPS) is 11.5. The lowest BCUT2D eigenvalue weighted by atomic mass is 10.1. The highest BCUT2D eigenvalue weighted by atomic mass is 16.5. The van der Waals surface area contributed by atoms with Crippen molar-refractivity contribution < 1.29 is 23.9 Å². The summed E-state index contributed by atoms with van der Waals surface area (Å²) in [5.74, 6) is -1.46. The molecule has 1 unspecified atom stereocenters. The quantitative estimate of drug-likeness (QED) is 0.275. The van der Waals surface area contributed by atoms with E-state index in [0.717, 1.165) is 0 Å². The number of nitrogens with zero attached hydrogens (tertiary/aromatic N) is 3. The van der Waals surface area contributed by atoms with Crippen LogP contribution in [0.4, 0.5) is 11.6 Å². The summed E-state index contributed by atoms with van der Waals surface area (Å²) >= 11 is 0. The van der Waals surface area contributed by atoms with Crippen LogP contribution >= 0.6 is 0 Å². The third kappa shape index (κ3) is 6.98. The molecule has 0 spiro atoms. The number of hydrogen-bond donors (Lipinski definition) is 4. The van der Waals surface area contributed by atoms with Crippen molar-refractivity contribution in [1.82, 2.24) is 25.3 Å². The first-order valence-corrected chi connectivity index (χ1v) is 11.3. The van der Waals surface area contributed by atoms with Crippen LogP contribution in [-0.4, -0.2) is 57.0 Å². The highest BCUT2D eigenvalue weighted by molar-refractivity contribution is 5.97. The Labute approximate surface area is 206 Å². The predicted molar refractivity (Wildman–Crippen MR) is 129 cm³/mol. The number of hydrogen-bond acceptors (Lipinski definition) is 11. The summed E-state index contributed by atoms with van der Waals surface area (Å²) in [4.78, 5) is 63.2. The minimum absolute atomic E-state index is 0.0337. The lowest BCUT2D eigenvalue weighted by molar-refractivity contribution is -0.146. The number of nitrogens with one attached hydrogen (secondary N) is 3. The van der Waals surface area contributed by atoms with Crippen LogP contribution in [0.25, 0.3) is 11.5 Å². The van der Waals surface area contributed by atoms with Crippen molar-refractivity contribution in [2.45, 2.75) is 39.3 Å². The highest BCUT2D eigenvalue weighted by Crippen LogP contribution is 2.14. The molecule has 36 heavy (non-hydrogen) atoms. The van der Waals surface area contributed by atoms with Gasteiger partial charge in [0.25, 0.3) is 5.91 Å². The van der Waals surface area contributed by atoms with E-state index in [-0.39, 0.29) is 50.1 Å². The highest BCUT2D eigenvalue weighted by Gasteiger charge is 2.24. The average molecular weight is 498 g/mol. The monoisotopic (exact) mass is 497 g/mol. The number of carbonyl (C=O) groups excluding carboxylic acids is 3. The smallest absolute Gasteiger partial charge is 0.328 e.